The maximum Gasteiger partial charge on any atom is 0.259 e. The third-order valence-corrected chi connectivity index (χ3v) is 5.73. The van der Waals surface area contributed by atoms with Gasteiger partial charge in [0.1, 0.15) is 0 Å². The van der Waals surface area contributed by atoms with Crippen molar-refractivity contribution in [2.24, 2.45) is 5.92 Å². The van der Waals surface area contributed by atoms with Gasteiger partial charge in [-0.25, -0.2) is 0 Å². The quantitative estimate of drug-likeness (QED) is 0.558. The van der Waals surface area contributed by atoms with Crippen LogP contribution in [0.2, 0.25) is 5.02 Å². The second-order valence-electron chi connectivity index (χ2n) is 7.22. The number of benzene rings is 1. The number of rotatable bonds is 4. The Morgan fingerprint density at radius 1 is 1.19 bits per heavy atom. The molecule has 0 N–H and O–H groups in total. The number of fused-ring (bicyclic) bond motifs is 1. The van der Waals surface area contributed by atoms with Crippen molar-refractivity contribution < 1.29 is 9.59 Å². The minimum atomic E-state index is -0.239. The Hall–Kier alpha value is -2.46. The van der Waals surface area contributed by atoms with Gasteiger partial charge in [0.15, 0.2) is 5.78 Å². The van der Waals surface area contributed by atoms with Gasteiger partial charge in [-0.05, 0) is 49.1 Å². The van der Waals surface area contributed by atoms with Crippen molar-refractivity contribution in [1.82, 2.24) is 4.98 Å². The smallest absolute Gasteiger partial charge is 0.259 e. The number of nitrogens with zero attached hydrogens (tertiary/aromatic N) is 2. The lowest BCUT2D eigenvalue weighted by molar-refractivity contribution is -0.113. The molecule has 27 heavy (non-hydrogen) atoms. The van der Waals surface area contributed by atoms with Crippen molar-refractivity contribution in [2.45, 2.75) is 32.1 Å². The molecule has 0 bridgehead atoms. The number of anilines is 1. The van der Waals surface area contributed by atoms with E-state index in [1.54, 1.807) is 29.3 Å². The van der Waals surface area contributed by atoms with E-state index < -0.39 is 0 Å². The molecule has 4 nitrogen and oxygen atoms in total. The van der Waals surface area contributed by atoms with E-state index in [1.165, 1.54) is 31.5 Å². The van der Waals surface area contributed by atoms with Crippen LogP contribution < -0.4 is 4.90 Å². The lowest BCUT2D eigenvalue weighted by Crippen LogP contribution is -2.33. The molecule has 5 heteroatoms. The first kappa shape index (κ1) is 17.9. The number of halogens is 1. The highest BCUT2D eigenvalue weighted by Crippen LogP contribution is 2.42. The van der Waals surface area contributed by atoms with E-state index in [0.29, 0.717) is 34.2 Å². The molecular weight excluding hydrogens is 360 g/mol. The number of pyridine rings is 1. The molecule has 2 heterocycles. The predicted octanol–water partition coefficient (Wildman–Crippen LogP) is 4.93. The number of hydrogen-bond donors (Lipinski definition) is 0. The van der Waals surface area contributed by atoms with E-state index in [-0.39, 0.29) is 11.7 Å². The molecule has 1 aromatic carbocycles. The lowest BCUT2D eigenvalue weighted by Gasteiger charge is -2.27. The van der Waals surface area contributed by atoms with Crippen LogP contribution in [0.15, 0.2) is 48.8 Å². The summed E-state index contributed by atoms with van der Waals surface area (Å²) < 4.78 is 0. The third kappa shape index (κ3) is 3.54. The molecule has 0 saturated heterocycles. The standard InChI is InChI=1S/C22H21ClN2O2/c23-18-9-4-10-19-21(18)17(12-20(26)16-8-5-11-24-13-16)22(27)25(19)14-15-6-2-1-3-7-15/h4-5,8-13,15H,1-3,6-7,14H2/b17-12+. The molecule has 1 aliphatic carbocycles. The normalized spacial score (nSPS) is 18.8. The Morgan fingerprint density at radius 3 is 2.74 bits per heavy atom. The molecule has 4 rings (SSSR count). The topological polar surface area (TPSA) is 50.3 Å². The van der Waals surface area contributed by atoms with Gasteiger partial charge in [0, 0.05) is 30.1 Å². The molecule has 2 aromatic rings. The van der Waals surface area contributed by atoms with Crippen molar-refractivity contribution in [2.75, 3.05) is 11.4 Å². The van der Waals surface area contributed by atoms with Gasteiger partial charge in [-0.1, -0.05) is 36.9 Å². The van der Waals surface area contributed by atoms with E-state index in [1.807, 2.05) is 12.1 Å². The summed E-state index contributed by atoms with van der Waals surface area (Å²) >= 11 is 6.42. The largest absolute Gasteiger partial charge is 0.307 e. The number of amides is 1. The van der Waals surface area contributed by atoms with Crippen LogP contribution in [0.4, 0.5) is 5.69 Å². The van der Waals surface area contributed by atoms with E-state index in [2.05, 4.69) is 4.98 Å². The molecule has 0 radical (unpaired) electrons. The second kappa shape index (κ2) is 7.65. The zero-order chi connectivity index (χ0) is 18.8. The van der Waals surface area contributed by atoms with Crippen molar-refractivity contribution in [3.63, 3.8) is 0 Å². The van der Waals surface area contributed by atoms with Gasteiger partial charge < -0.3 is 4.90 Å². The van der Waals surface area contributed by atoms with Gasteiger partial charge in [0.2, 0.25) is 0 Å². The minimum absolute atomic E-state index is 0.138. The maximum absolute atomic E-state index is 13.2. The van der Waals surface area contributed by atoms with Gasteiger partial charge in [0.25, 0.3) is 5.91 Å². The van der Waals surface area contributed by atoms with E-state index in [9.17, 15) is 9.59 Å². The van der Waals surface area contributed by atoms with Crippen LogP contribution in [0.5, 0.6) is 0 Å². The van der Waals surface area contributed by atoms with Crippen LogP contribution in [-0.2, 0) is 4.79 Å². The Balaban J connectivity index is 1.70. The van der Waals surface area contributed by atoms with E-state index >= 15 is 0 Å². The highest BCUT2D eigenvalue weighted by Gasteiger charge is 2.36. The zero-order valence-electron chi connectivity index (χ0n) is 15.0. The summed E-state index contributed by atoms with van der Waals surface area (Å²) in [4.78, 5) is 31.6. The van der Waals surface area contributed by atoms with Crippen molar-refractivity contribution in [3.05, 3.63) is 65.0 Å². The molecule has 0 spiro atoms. The molecule has 1 fully saturated rings. The SMILES string of the molecule is O=C(/C=C1/C(=O)N(CC2CCCCC2)c2cccc(Cl)c21)c1cccnc1. The molecule has 1 aliphatic heterocycles. The number of aromatic nitrogens is 1. The zero-order valence-corrected chi connectivity index (χ0v) is 15.8. The van der Waals surface area contributed by atoms with Gasteiger partial charge in [0.05, 0.1) is 16.3 Å². The summed E-state index contributed by atoms with van der Waals surface area (Å²) in [6.07, 6.45) is 10.5. The van der Waals surface area contributed by atoms with Gasteiger partial charge in [-0.3, -0.25) is 14.6 Å². The molecule has 0 atom stereocenters. The van der Waals surface area contributed by atoms with Crippen molar-refractivity contribution in [1.29, 1.82) is 0 Å². The number of allylic oxidation sites excluding steroid dienone is 1. The summed E-state index contributed by atoms with van der Waals surface area (Å²) in [6, 6.07) is 8.93. The van der Waals surface area contributed by atoms with E-state index in [4.69, 9.17) is 11.6 Å². The van der Waals surface area contributed by atoms with Crippen LogP contribution in [-0.4, -0.2) is 23.2 Å². The van der Waals surface area contributed by atoms with Crippen LogP contribution in [0.1, 0.15) is 48.0 Å². The summed E-state index contributed by atoms with van der Waals surface area (Å²) in [5.41, 5.74) is 2.30. The number of carbonyl (C=O) groups is 2. The van der Waals surface area contributed by atoms with Gasteiger partial charge in [-0.2, -0.15) is 0 Å². The Kier molecular flexibility index (Phi) is 5.08. The molecular formula is C22H21ClN2O2. The molecule has 1 aromatic heterocycles. The summed E-state index contributed by atoms with van der Waals surface area (Å²) in [5.74, 6) is 0.126. The Labute approximate surface area is 163 Å². The molecule has 138 valence electrons. The monoisotopic (exact) mass is 380 g/mol. The molecule has 1 saturated carbocycles. The van der Waals surface area contributed by atoms with Crippen molar-refractivity contribution >= 4 is 34.6 Å². The average Bonchev–Trinajstić information content (AvgIpc) is 2.96. The maximum atomic E-state index is 13.2. The first-order chi connectivity index (χ1) is 13.1. The predicted molar refractivity (Wildman–Crippen MR) is 107 cm³/mol. The fourth-order valence-electron chi connectivity index (χ4n) is 4.03. The summed E-state index contributed by atoms with van der Waals surface area (Å²) in [7, 11) is 0. The fraction of sp³-hybridized carbons (Fsp3) is 0.318. The van der Waals surface area contributed by atoms with Crippen LogP contribution in [0.25, 0.3) is 5.57 Å². The number of ketones is 1. The van der Waals surface area contributed by atoms with Crippen LogP contribution >= 0.6 is 11.6 Å². The minimum Gasteiger partial charge on any atom is -0.307 e. The first-order valence-electron chi connectivity index (χ1n) is 9.42. The fourth-order valence-corrected chi connectivity index (χ4v) is 4.30. The highest BCUT2D eigenvalue weighted by atomic mass is 35.5. The number of carbonyl (C=O) groups excluding carboxylic acids is 2. The molecule has 2 aliphatic rings. The first-order valence-corrected chi connectivity index (χ1v) is 9.80. The summed E-state index contributed by atoms with van der Waals surface area (Å²) in [6.45, 7) is 0.685. The Morgan fingerprint density at radius 2 is 2.00 bits per heavy atom. The molecule has 0 unspecified atom stereocenters. The Bertz CT molecular complexity index is 902. The van der Waals surface area contributed by atoms with Crippen molar-refractivity contribution in [3.8, 4) is 0 Å². The highest BCUT2D eigenvalue weighted by molar-refractivity contribution is 6.42. The van der Waals surface area contributed by atoms with E-state index in [0.717, 1.165) is 18.5 Å². The lowest BCUT2D eigenvalue weighted by atomic mass is 9.89. The number of hydrogen-bond acceptors (Lipinski definition) is 3. The van der Waals surface area contributed by atoms with Crippen LogP contribution in [0.3, 0.4) is 0 Å². The summed E-state index contributed by atoms with van der Waals surface area (Å²) in [5, 5.41) is 0.497. The van der Waals surface area contributed by atoms with Gasteiger partial charge >= 0.3 is 0 Å². The average molecular weight is 381 g/mol. The van der Waals surface area contributed by atoms with Crippen LogP contribution in [0, 0.1) is 5.92 Å². The third-order valence-electron chi connectivity index (χ3n) is 5.41. The second-order valence-corrected chi connectivity index (χ2v) is 7.62. The van der Waals surface area contributed by atoms with Gasteiger partial charge in [-0.15, -0.1) is 0 Å². The molecule has 1 amide bonds.